The Morgan fingerprint density at radius 2 is 2.17 bits per heavy atom. The fourth-order valence-corrected chi connectivity index (χ4v) is 2.63. The lowest BCUT2D eigenvalue weighted by atomic mass is 9.84. The van der Waals surface area contributed by atoms with Crippen LogP contribution in [0.5, 0.6) is 0 Å². The standard InChI is InChI=1S/C14H27NO3/c1-11(9-13(16)17)12-5-4-7-15(10-12)8-6-14(2,3)18/h11-12,18H,4-10H2,1-3H3,(H,16,17). The Labute approximate surface area is 110 Å². The number of carboxylic acids is 1. The molecule has 0 aliphatic carbocycles. The monoisotopic (exact) mass is 257 g/mol. The zero-order valence-electron chi connectivity index (χ0n) is 11.9. The molecular weight excluding hydrogens is 230 g/mol. The Morgan fingerprint density at radius 1 is 1.50 bits per heavy atom. The van der Waals surface area contributed by atoms with E-state index in [9.17, 15) is 9.90 Å². The summed E-state index contributed by atoms with van der Waals surface area (Å²) < 4.78 is 0. The topological polar surface area (TPSA) is 60.8 Å². The van der Waals surface area contributed by atoms with E-state index in [1.54, 1.807) is 0 Å². The van der Waals surface area contributed by atoms with E-state index in [-0.39, 0.29) is 12.3 Å². The van der Waals surface area contributed by atoms with Gasteiger partial charge in [0.15, 0.2) is 0 Å². The van der Waals surface area contributed by atoms with Gasteiger partial charge in [-0.05, 0) is 51.5 Å². The molecule has 0 aromatic rings. The first-order chi connectivity index (χ1) is 8.28. The average Bonchev–Trinajstić information content (AvgIpc) is 2.25. The molecule has 4 nitrogen and oxygen atoms in total. The highest BCUT2D eigenvalue weighted by Gasteiger charge is 2.26. The molecule has 4 heteroatoms. The molecule has 1 heterocycles. The molecule has 1 rings (SSSR count). The molecule has 1 aliphatic rings. The molecule has 0 aromatic carbocycles. The van der Waals surface area contributed by atoms with Crippen molar-refractivity contribution in [1.29, 1.82) is 0 Å². The van der Waals surface area contributed by atoms with Crippen molar-refractivity contribution in [2.75, 3.05) is 19.6 Å². The molecule has 0 spiro atoms. The summed E-state index contributed by atoms with van der Waals surface area (Å²) in [5, 5.41) is 18.6. The van der Waals surface area contributed by atoms with Crippen molar-refractivity contribution in [3.63, 3.8) is 0 Å². The van der Waals surface area contributed by atoms with E-state index in [1.165, 1.54) is 0 Å². The van der Waals surface area contributed by atoms with Gasteiger partial charge in [-0.3, -0.25) is 4.79 Å². The third-order valence-electron chi connectivity index (χ3n) is 3.88. The minimum Gasteiger partial charge on any atom is -0.481 e. The fourth-order valence-electron chi connectivity index (χ4n) is 2.63. The maximum atomic E-state index is 10.7. The molecule has 1 aliphatic heterocycles. The molecular formula is C14H27NO3. The van der Waals surface area contributed by atoms with Crippen molar-refractivity contribution in [2.24, 2.45) is 11.8 Å². The first-order valence-corrected chi connectivity index (χ1v) is 6.94. The number of piperidine rings is 1. The lowest BCUT2D eigenvalue weighted by Gasteiger charge is -2.36. The van der Waals surface area contributed by atoms with Crippen LogP contribution in [0.4, 0.5) is 0 Å². The van der Waals surface area contributed by atoms with Crippen molar-refractivity contribution in [2.45, 2.75) is 52.1 Å². The quantitative estimate of drug-likeness (QED) is 0.763. The van der Waals surface area contributed by atoms with Gasteiger partial charge in [0.25, 0.3) is 0 Å². The molecule has 0 radical (unpaired) electrons. The highest BCUT2D eigenvalue weighted by molar-refractivity contribution is 5.66. The van der Waals surface area contributed by atoms with Gasteiger partial charge in [-0.25, -0.2) is 0 Å². The summed E-state index contributed by atoms with van der Waals surface area (Å²) in [6.45, 7) is 8.66. The van der Waals surface area contributed by atoms with Crippen molar-refractivity contribution < 1.29 is 15.0 Å². The van der Waals surface area contributed by atoms with Crippen LogP contribution in [0.3, 0.4) is 0 Å². The fraction of sp³-hybridized carbons (Fsp3) is 0.929. The van der Waals surface area contributed by atoms with Crippen LogP contribution in [-0.4, -0.2) is 46.3 Å². The molecule has 1 saturated heterocycles. The van der Waals surface area contributed by atoms with Crippen LogP contribution in [0, 0.1) is 11.8 Å². The average molecular weight is 257 g/mol. The molecule has 0 amide bonds. The smallest absolute Gasteiger partial charge is 0.303 e. The summed E-state index contributed by atoms with van der Waals surface area (Å²) in [5.41, 5.74) is -0.611. The predicted molar refractivity (Wildman–Crippen MR) is 71.5 cm³/mol. The minimum atomic E-state index is -0.698. The summed E-state index contributed by atoms with van der Waals surface area (Å²) in [6, 6.07) is 0. The number of carboxylic acid groups (broad SMARTS) is 1. The van der Waals surface area contributed by atoms with E-state index in [4.69, 9.17) is 5.11 Å². The number of aliphatic hydroxyl groups is 1. The lowest BCUT2D eigenvalue weighted by Crippen LogP contribution is -2.40. The second-order valence-corrected chi connectivity index (χ2v) is 6.34. The third-order valence-corrected chi connectivity index (χ3v) is 3.88. The molecule has 2 N–H and O–H groups in total. The Kier molecular flexibility index (Phi) is 5.60. The molecule has 2 atom stereocenters. The number of carbonyl (C=O) groups is 1. The van der Waals surface area contributed by atoms with Crippen molar-refractivity contribution in [1.82, 2.24) is 4.90 Å². The number of hydrogen-bond donors (Lipinski definition) is 2. The second-order valence-electron chi connectivity index (χ2n) is 6.34. The first kappa shape index (κ1) is 15.4. The summed E-state index contributed by atoms with van der Waals surface area (Å²) >= 11 is 0. The normalized spacial score (nSPS) is 23.9. The van der Waals surface area contributed by atoms with Gasteiger partial charge in [0.2, 0.25) is 0 Å². The molecule has 0 bridgehead atoms. The number of likely N-dealkylation sites (tertiary alicyclic amines) is 1. The van der Waals surface area contributed by atoms with Gasteiger partial charge in [0, 0.05) is 19.5 Å². The van der Waals surface area contributed by atoms with Gasteiger partial charge >= 0.3 is 5.97 Å². The van der Waals surface area contributed by atoms with Gasteiger partial charge in [0.1, 0.15) is 0 Å². The number of hydrogen-bond acceptors (Lipinski definition) is 3. The maximum Gasteiger partial charge on any atom is 0.303 e. The van der Waals surface area contributed by atoms with Crippen LogP contribution in [0.25, 0.3) is 0 Å². The highest BCUT2D eigenvalue weighted by Crippen LogP contribution is 2.26. The third kappa shape index (κ3) is 5.83. The van der Waals surface area contributed by atoms with Crippen LogP contribution >= 0.6 is 0 Å². The number of nitrogens with zero attached hydrogens (tertiary/aromatic N) is 1. The van der Waals surface area contributed by atoms with Crippen LogP contribution in [-0.2, 0) is 4.79 Å². The van der Waals surface area contributed by atoms with E-state index in [0.717, 1.165) is 38.9 Å². The van der Waals surface area contributed by atoms with Crippen molar-refractivity contribution >= 4 is 5.97 Å². The van der Waals surface area contributed by atoms with Gasteiger partial charge in [-0.15, -0.1) is 0 Å². The van der Waals surface area contributed by atoms with E-state index in [0.29, 0.717) is 5.92 Å². The van der Waals surface area contributed by atoms with Crippen LogP contribution in [0.2, 0.25) is 0 Å². The highest BCUT2D eigenvalue weighted by atomic mass is 16.4. The van der Waals surface area contributed by atoms with Crippen LogP contribution < -0.4 is 0 Å². The summed E-state index contributed by atoms with van der Waals surface area (Å²) in [7, 11) is 0. The van der Waals surface area contributed by atoms with Gasteiger partial charge in [-0.1, -0.05) is 6.92 Å². The zero-order chi connectivity index (χ0) is 13.8. The van der Waals surface area contributed by atoms with E-state index < -0.39 is 11.6 Å². The number of aliphatic carboxylic acids is 1. The molecule has 0 saturated carbocycles. The Balaban J connectivity index is 2.38. The summed E-state index contributed by atoms with van der Waals surface area (Å²) in [4.78, 5) is 13.1. The molecule has 18 heavy (non-hydrogen) atoms. The van der Waals surface area contributed by atoms with Crippen LogP contribution in [0.15, 0.2) is 0 Å². The minimum absolute atomic E-state index is 0.243. The summed E-state index contributed by atoms with van der Waals surface area (Å²) in [6.07, 6.45) is 3.31. The van der Waals surface area contributed by atoms with E-state index in [1.807, 2.05) is 20.8 Å². The van der Waals surface area contributed by atoms with Gasteiger partial charge < -0.3 is 15.1 Å². The van der Waals surface area contributed by atoms with E-state index >= 15 is 0 Å². The lowest BCUT2D eigenvalue weighted by molar-refractivity contribution is -0.138. The molecule has 1 fully saturated rings. The summed E-state index contributed by atoms with van der Waals surface area (Å²) in [5.74, 6) is 0.0280. The molecule has 2 unspecified atom stereocenters. The Hall–Kier alpha value is -0.610. The molecule has 0 aromatic heterocycles. The maximum absolute atomic E-state index is 10.7. The Morgan fingerprint density at radius 3 is 2.72 bits per heavy atom. The van der Waals surface area contributed by atoms with Crippen molar-refractivity contribution in [3.8, 4) is 0 Å². The largest absolute Gasteiger partial charge is 0.481 e. The number of rotatable bonds is 6. The van der Waals surface area contributed by atoms with Crippen LogP contribution in [0.1, 0.15) is 46.5 Å². The van der Waals surface area contributed by atoms with Crippen molar-refractivity contribution in [3.05, 3.63) is 0 Å². The first-order valence-electron chi connectivity index (χ1n) is 6.94. The van der Waals surface area contributed by atoms with Gasteiger partial charge in [-0.2, -0.15) is 0 Å². The Bertz CT molecular complexity index is 273. The second kappa shape index (κ2) is 6.53. The van der Waals surface area contributed by atoms with E-state index in [2.05, 4.69) is 4.90 Å². The predicted octanol–water partition coefficient (Wildman–Crippen LogP) is 1.97. The SMILES string of the molecule is CC(CC(=O)O)C1CCCN(CCC(C)(C)O)C1. The van der Waals surface area contributed by atoms with Gasteiger partial charge in [0.05, 0.1) is 5.60 Å². The zero-order valence-corrected chi connectivity index (χ0v) is 11.9. The molecule has 106 valence electrons.